The van der Waals surface area contributed by atoms with Gasteiger partial charge in [0.05, 0.1) is 5.54 Å². The lowest BCUT2D eigenvalue weighted by Crippen LogP contribution is -2.49. The van der Waals surface area contributed by atoms with Gasteiger partial charge >= 0.3 is 0 Å². The molecule has 3 aliphatic carbocycles. The van der Waals surface area contributed by atoms with E-state index in [0.717, 1.165) is 25.3 Å². The zero-order valence-corrected chi connectivity index (χ0v) is 9.22. The van der Waals surface area contributed by atoms with Crippen LogP contribution in [0.3, 0.4) is 0 Å². The lowest BCUT2D eigenvalue weighted by atomic mass is 9.65. The largest absolute Gasteiger partial charge is 0.354 e. The molecule has 84 valence electrons. The summed E-state index contributed by atoms with van der Waals surface area (Å²) in [6.07, 6.45) is 8.48. The molecule has 0 unspecified atom stereocenters. The smallest absolute Gasteiger partial charge is 0.240 e. The maximum absolute atomic E-state index is 11.7. The second kappa shape index (κ2) is 2.97. The van der Waals surface area contributed by atoms with Crippen LogP contribution in [0.2, 0.25) is 0 Å². The Morgan fingerprint density at radius 3 is 2.33 bits per heavy atom. The molecule has 3 heteroatoms. The van der Waals surface area contributed by atoms with Gasteiger partial charge in [-0.3, -0.25) is 4.79 Å². The van der Waals surface area contributed by atoms with Crippen LogP contribution in [0.5, 0.6) is 0 Å². The van der Waals surface area contributed by atoms with Gasteiger partial charge in [-0.2, -0.15) is 0 Å². The van der Waals surface area contributed by atoms with Crippen molar-refractivity contribution in [3.8, 4) is 0 Å². The van der Waals surface area contributed by atoms with Gasteiger partial charge in [-0.25, -0.2) is 0 Å². The molecule has 15 heavy (non-hydrogen) atoms. The normalized spacial score (nSPS) is 30.5. The molecule has 3 N–H and O–H groups in total. The molecule has 1 amide bonds. The molecule has 0 radical (unpaired) electrons. The minimum atomic E-state index is -0.492. The lowest BCUT2D eigenvalue weighted by molar-refractivity contribution is -0.124. The standard InChI is InChI=1S/C12H20N2O/c13-12(6-7-12)10(15)14-8-11(4-1-5-11)9-2-3-9/h9H,1-8,13H2,(H,14,15). The Morgan fingerprint density at radius 1 is 1.27 bits per heavy atom. The molecule has 3 aliphatic rings. The SMILES string of the molecule is NC1(C(=O)NCC2(C3CC3)CCC2)CC1. The molecule has 0 atom stereocenters. The van der Waals surface area contributed by atoms with E-state index < -0.39 is 5.54 Å². The highest BCUT2D eigenvalue weighted by molar-refractivity contribution is 5.89. The predicted molar refractivity (Wildman–Crippen MR) is 58.2 cm³/mol. The van der Waals surface area contributed by atoms with Crippen molar-refractivity contribution in [1.82, 2.24) is 5.32 Å². The molecule has 3 saturated carbocycles. The molecule has 0 aromatic heterocycles. The highest BCUT2D eigenvalue weighted by Crippen LogP contribution is 2.56. The van der Waals surface area contributed by atoms with E-state index in [9.17, 15) is 4.79 Å². The molecular weight excluding hydrogens is 188 g/mol. The Labute approximate surface area is 90.8 Å². The Kier molecular flexibility index (Phi) is 1.91. The number of carbonyl (C=O) groups is 1. The maximum Gasteiger partial charge on any atom is 0.240 e. The summed E-state index contributed by atoms with van der Waals surface area (Å²) in [5.41, 5.74) is 5.84. The Hall–Kier alpha value is -0.570. The van der Waals surface area contributed by atoms with E-state index in [1.54, 1.807) is 0 Å². The second-order valence-corrected chi connectivity index (χ2v) is 5.83. The molecule has 3 rings (SSSR count). The Morgan fingerprint density at radius 2 is 1.93 bits per heavy atom. The van der Waals surface area contributed by atoms with Crippen molar-refractivity contribution >= 4 is 5.91 Å². The molecule has 3 nitrogen and oxygen atoms in total. The first kappa shape index (κ1) is 9.64. The van der Waals surface area contributed by atoms with Crippen LogP contribution in [-0.2, 0) is 4.79 Å². The van der Waals surface area contributed by atoms with Crippen LogP contribution in [0.4, 0.5) is 0 Å². The summed E-state index contributed by atoms with van der Waals surface area (Å²) in [5, 5.41) is 3.09. The van der Waals surface area contributed by atoms with E-state index in [-0.39, 0.29) is 5.91 Å². The zero-order chi connectivity index (χ0) is 10.5. The fraction of sp³-hybridized carbons (Fsp3) is 0.917. The summed E-state index contributed by atoms with van der Waals surface area (Å²) in [6.45, 7) is 0.884. The predicted octanol–water partition coefficient (Wildman–Crippen LogP) is 1.17. The van der Waals surface area contributed by atoms with E-state index in [1.165, 1.54) is 32.1 Å². The van der Waals surface area contributed by atoms with E-state index in [2.05, 4.69) is 5.32 Å². The summed E-state index contributed by atoms with van der Waals surface area (Å²) in [5.74, 6) is 0.994. The minimum absolute atomic E-state index is 0.0921. The van der Waals surface area contributed by atoms with Gasteiger partial charge in [0.1, 0.15) is 0 Å². The number of hydrogen-bond acceptors (Lipinski definition) is 2. The van der Waals surface area contributed by atoms with Crippen molar-refractivity contribution in [2.45, 2.75) is 50.5 Å². The van der Waals surface area contributed by atoms with Gasteiger partial charge in [-0.1, -0.05) is 6.42 Å². The summed E-state index contributed by atoms with van der Waals surface area (Å²) in [7, 11) is 0. The lowest BCUT2D eigenvalue weighted by Gasteiger charge is -2.42. The summed E-state index contributed by atoms with van der Waals surface area (Å²) < 4.78 is 0. The number of nitrogens with one attached hydrogen (secondary N) is 1. The van der Waals surface area contributed by atoms with Crippen molar-refractivity contribution in [1.29, 1.82) is 0 Å². The van der Waals surface area contributed by atoms with Gasteiger partial charge in [0.25, 0.3) is 0 Å². The van der Waals surface area contributed by atoms with E-state index in [4.69, 9.17) is 5.73 Å². The number of nitrogens with two attached hydrogens (primary N) is 1. The summed E-state index contributed by atoms with van der Waals surface area (Å²) in [6, 6.07) is 0. The van der Waals surface area contributed by atoms with E-state index >= 15 is 0 Å². The fourth-order valence-corrected chi connectivity index (χ4v) is 2.85. The second-order valence-electron chi connectivity index (χ2n) is 5.83. The minimum Gasteiger partial charge on any atom is -0.354 e. The van der Waals surface area contributed by atoms with Crippen LogP contribution < -0.4 is 11.1 Å². The molecule has 0 aromatic rings. The van der Waals surface area contributed by atoms with Gasteiger partial charge in [0, 0.05) is 6.54 Å². The van der Waals surface area contributed by atoms with Crippen LogP contribution in [0, 0.1) is 11.3 Å². The fourth-order valence-electron chi connectivity index (χ4n) is 2.85. The number of amides is 1. The van der Waals surface area contributed by atoms with Gasteiger partial charge < -0.3 is 11.1 Å². The number of carbonyl (C=O) groups excluding carboxylic acids is 1. The molecule has 0 aromatic carbocycles. The molecule has 0 bridgehead atoms. The molecule has 0 heterocycles. The number of rotatable bonds is 4. The average Bonchev–Trinajstić information content (AvgIpc) is 2.98. The average molecular weight is 208 g/mol. The number of hydrogen-bond donors (Lipinski definition) is 2. The first-order valence-corrected chi connectivity index (χ1v) is 6.22. The highest BCUT2D eigenvalue weighted by Gasteiger charge is 2.51. The Balaban J connectivity index is 1.54. The first-order chi connectivity index (χ1) is 7.15. The van der Waals surface area contributed by atoms with Crippen molar-refractivity contribution in [2.75, 3.05) is 6.54 Å². The molecule has 0 saturated heterocycles. The van der Waals surface area contributed by atoms with E-state index in [0.29, 0.717) is 5.41 Å². The molecule has 0 aliphatic heterocycles. The van der Waals surface area contributed by atoms with Gasteiger partial charge in [-0.05, 0) is 49.9 Å². The van der Waals surface area contributed by atoms with Gasteiger partial charge in [-0.15, -0.1) is 0 Å². The van der Waals surface area contributed by atoms with Crippen molar-refractivity contribution in [3.05, 3.63) is 0 Å². The topological polar surface area (TPSA) is 55.1 Å². The van der Waals surface area contributed by atoms with Gasteiger partial charge in [0.2, 0.25) is 5.91 Å². The molecule has 0 spiro atoms. The molecule has 3 fully saturated rings. The van der Waals surface area contributed by atoms with Crippen molar-refractivity contribution in [2.24, 2.45) is 17.1 Å². The van der Waals surface area contributed by atoms with Crippen LogP contribution in [0.1, 0.15) is 44.9 Å². The summed E-state index contributed by atoms with van der Waals surface area (Å²) in [4.78, 5) is 11.7. The van der Waals surface area contributed by atoms with Crippen LogP contribution >= 0.6 is 0 Å². The summed E-state index contributed by atoms with van der Waals surface area (Å²) >= 11 is 0. The maximum atomic E-state index is 11.7. The van der Waals surface area contributed by atoms with Crippen LogP contribution in [0.25, 0.3) is 0 Å². The quantitative estimate of drug-likeness (QED) is 0.728. The first-order valence-electron chi connectivity index (χ1n) is 6.22. The molecular formula is C12H20N2O. The third kappa shape index (κ3) is 1.57. The van der Waals surface area contributed by atoms with Crippen LogP contribution in [-0.4, -0.2) is 18.0 Å². The zero-order valence-electron chi connectivity index (χ0n) is 9.22. The third-order valence-corrected chi connectivity index (χ3v) is 4.63. The van der Waals surface area contributed by atoms with Crippen molar-refractivity contribution < 1.29 is 4.79 Å². The Bertz CT molecular complexity index is 288. The van der Waals surface area contributed by atoms with E-state index in [1.807, 2.05) is 0 Å². The van der Waals surface area contributed by atoms with Gasteiger partial charge in [0.15, 0.2) is 0 Å². The van der Waals surface area contributed by atoms with Crippen molar-refractivity contribution in [3.63, 3.8) is 0 Å². The third-order valence-electron chi connectivity index (χ3n) is 4.63. The highest BCUT2D eigenvalue weighted by atomic mass is 16.2. The monoisotopic (exact) mass is 208 g/mol. The van der Waals surface area contributed by atoms with Crippen LogP contribution in [0.15, 0.2) is 0 Å².